The first kappa shape index (κ1) is 13.4. The number of aryl methyl sites for hydroxylation is 1. The highest BCUT2D eigenvalue weighted by Gasteiger charge is 2.15. The van der Waals surface area contributed by atoms with Gasteiger partial charge in [-0.05, 0) is 31.4 Å². The van der Waals surface area contributed by atoms with Crippen LogP contribution in [0.25, 0.3) is 0 Å². The summed E-state index contributed by atoms with van der Waals surface area (Å²) in [6, 6.07) is 0.456. The number of hydrogen-bond donors (Lipinski definition) is 2. The second kappa shape index (κ2) is 6.23. The Morgan fingerprint density at radius 2 is 1.72 bits per heavy atom. The number of nitrogen functional groups attached to an aromatic ring is 1. The number of aromatic nitrogens is 2. The molecule has 1 aromatic heterocycles. The number of halogens is 1. The van der Waals surface area contributed by atoms with E-state index in [9.17, 15) is 0 Å². The van der Waals surface area contributed by atoms with Crippen molar-refractivity contribution in [1.29, 1.82) is 0 Å². The number of nitrogens with one attached hydrogen (secondary N) is 1. The van der Waals surface area contributed by atoms with Crippen LogP contribution in [-0.4, -0.2) is 16.0 Å². The molecule has 3 N–H and O–H groups in total. The van der Waals surface area contributed by atoms with Crippen LogP contribution in [-0.2, 0) is 0 Å². The predicted molar refractivity (Wildman–Crippen MR) is 75.9 cm³/mol. The molecule has 100 valence electrons. The maximum atomic E-state index is 5.99. The normalized spacial score (nSPS) is 18.1. The van der Waals surface area contributed by atoms with Gasteiger partial charge in [0.1, 0.15) is 0 Å². The van der Waals surface area contributed by atoms with Gasteiger partial charge in [-0.3, -0.25) is 0 Å². The van der Waals surface area contributed by atoms with Crippen LogP contribution in [0.1, 0.15) is 50.6 Å². The fraction of sp³-hybridized carbons (Fsp3) is 0.692. The van der Waals surface area contributed by atoms with E-state index in [0.717, 1.165) is 5.69 Å². The van der Waals surface area contributed by atoms with Crippen LogP contribution in [0.15, 0.2) is 0 Å². The highest BCUT2D eigenvalue weighted by Crippen LogP contribution is 2.25. The molecule has 1 fully saturated rings. The van der Waals surface area contributed by atoms with Gasteiger partial charge in [0, 0.05) is 6.04 Å². The molecule has 0 spiro atoms. The maximum Gasteiger partial charge on any atom is 0.224 e. The first-order chi connectivity index (χ1) is 8.66. The fourth-order valence-corrected chi connectivity index (χ4v) is 2.66. The van der Waals surface area contributed by atoms with Gasteiger partial charge in [-0.25, -0.2) is 4.98 Å². The van der Waals surface area contributed by atoms with Crippen molar-refractivity contribution < 1.29 is 0 Å². The molecule has 18 heavy (non-hydrogen) atoms. The zero-order valence-corrected chi connectivity index (χ0v) is 11.6. The highest BCUT2D eigenvalue weighted by atomic mass is 35.5. The monoisotopic (exact) mass is 268 g/mol. The number of hydrogen-bond acceptors (Lipinski definition) is 4. The SMILES string of the molecule is Cc1nc(Cl)nc(NC2CCCCCCC2)c1N. The van der Waals surface area contributed by atoms with Gasteiger partial charge in [0.25, 0.3) is 0 Å². The number of nitrogens with zero attached hydrogens (tertiary/aromatic N) is 2. The molecule has 0 atom stereocenters. The molecule has 0 aromatic carbocycles. The maximum absolute atomic E-state index is 5.99. The van der Waals surface area contributed by atoms with E-state index >= 15 is 0 Å². The van der Waals surface area contributed by atoms with Crippen molar-refractivity contribution in [2.75, 3.05) is 11.1 Å². The van der Waals surface area contributed by atoms with Crippen LogP contribution in [0.3, 0.4) is 0 Å². The Morgan fingerprint density at radius 3 is 2.39 bits per heavy atom. The molecule has 0 bridgehead atoms. The molecule has 1 saturated carbocycles. The van der Waals surface area contributed by atoms with Crippen molar-refractivity contribution in [2.45, 2.75) is 57.9 Å². The van der Waals surface area contributed by atoms with Crippen LogP contribution in [0.2, 0.25) is 5.28 Å². The fourth-order valence-electron chi connectivity index (χ4n) is 2.45. The highest BCUT2D eigenvalue weighted by molar-refractivity contribution is 6.28. The average molecular weight is 269 g/mol. The molecule has 0 unspecified atom stereocenters. The summed E-state index contributed by atoms with van der Waals surface area (Å²) in [6.07, 6.45) is 8.94. The largest absolute Gasteiger partial charge is 0.394 e. The summed E-state index contributed by atoms with van der Waals surface area (Å²) in [5.41, 5.74) is 7.34. The van der Waals surface area contributed by atoms with E-state index in [0.29, 0.717) is 17.5 Å². The molecule has 1 aromatic rings. The van der Waals surface area contributed by atoms with Crippen molar-refractivity contribution >= 4 is 23.1 Å². The summed E-state index contributed by atoms with van der Waals surface area (Å²) in [7, 11) is 0. The van der Waals surface area contributed by atoms with Gasteiger partial charge >= 0.3 is 0 Å². The van der Waals surface area contributed by atoms with Gasteiger partial charge in [0.05, 0.1) is 11.4 Å². The van der Waals surface area contributed by atoms with Crippen LogP contribution < -0.4 is 11.1 Å². The van der Waals surface area contributed by atoms with E-state index in [-0.39, 0.29) is 5.28 Å². The predicted octanol–water partition coefficient (Wildman–Crippen LogP) is 3.55. The lowest BCUT2D eigenvalue weighted by Crippen LogP contribution is -2.22. The van der Waals surface area contributed by atoms with E-state index in [1.807, 2.05) is 6.92 Å². The molecule has 5 heteroatoms. The number of rotatable bonds is 2. The van der Waals surface area contributed by atoms with Gasteiger partial charge in [-0.2, -0.15) is 4.98 Å². The quantitative estimate of drug-likeness (QED) is 0.805. The Morgan fingerprint density at radius 1 is 1.11 bits per heavy atom. The zero-order chi connectivity index (χ0) is 13.0. The summed E-state index contributed by atoms with van der Waals surface area (Å²) in [5.74, 6) is 0.693. The molecular formula is C13H21ClN4. The smallest absolute Gasteiger partial charge is 0.224 e. The Kier molecular flexibility index (Phi) is 4.64. The third kappa shape index (κ3) is 3.48. The second-order valence-electron chi connectivity index (χ2n) is 5.03. The minimum absolute atomic E-state index is 0.259. The topological polar surface area (TPSA) is 63.8 Å². The molecule has 1 aliphatic rings. The minimum atomic E-state index is 0.259. The van der Waals surface area contributed by atoms with Crippen LogP contribution in [0.5, 0.6) is 0 Å². The first-order valence-corrected chi connectivity index (χ1v) is 7.11. The number of nitrogens with two attached hydrogens (primary N) is 1. The lowest BCUT2D eigenvalue weighted by Gasteiger charge is -2.22. The van der Waals surface area contributed by atoms with Crippen LogP contribution in [0, 0.1) is 6.92 Å². The van der Waals surface area contributed by atoms with Crippen LogP contribution >= 0.6 is 11.6 Å². The van der Waals surface area contributed by atoms with E-state index < -0.39 is 0 Å². The summed E-state index contributed by atoms with van der Waals surface area (Å²) < 4.78 is 0. The summed E-state index contributed by atoms with van der Waals surface area (Å²) in [5, 5.41) is 3.70. The minimum Gasteiger partial charge on any atom is -0.394 e. The molecule has 0 aliphatic heterocycles. The van der Waals surface area contributed by atoms with Gasteiger partial charge in [0.2, 0.25) is 5.28 Å². The summed E-state index contributed by atoms with van der Waals surface area (Å²) >= 11 is 5.88. The summed E-state index contributed by atoms with van der Waals surface area (Å²) in [6.45, 7) is 1.85. The molecule has 2 rings (SSSR count). The zero-order valence-electron chi connectivity index (χ0n) is 10.9. The molecule has 0 radical (unpaired) electrons. The van der Waals surface area contributed by atoms with E-state index in [4.69, 9.17) is 17.3 Å². The van der Waals surface area contributed by atoms with Crippen molar-refractivity contribution in [3.05, 3.63) is 11.0 Å². The van der Waals surface area contributed by atoms with Crippen molar-refractivity contribution in [1.82, 2.24) is 9.97 Å². The van der Waals surface area contributed by atoms with Crippen molar-refractivity contribution in [2.24, 2.45) is 0 Å². The van der Waals surface area contributed by atoms with Gasteiger partial charge in [-0.15, -0.1) is 0 Å². The van der Waals surface area contributed by atoms with E-state index in [1.54, 1.807) is 0 Å². The van der Waals surface area contributed by atoms with Gasteiger partial charge in [0.15, 0.2) is 5.82 Å². The van der Waals surface area contributed by atoms with Gasteiger partial charge < -0.3 is 11.1 Å². The Balaban J connectivity index is 2.07. The van der Waals surface area contributed by atoms with Gasteiger partial charge in [-0.1, -0.05) is 32.1 Å². The number of anilines is 2. The average Bonchev–Trinajstić information content (AvgIpc) is 2.28. The molecule has 1 heterocycles. The lowest BCUT2D eigenvalue weighted by atomic mass is 9.97. The molecule has 4 nitrogen and oxygen atoms in total. The molecule has 0 saturated heterocycles. The van der Waals surface area contributed by atoms with Crippen molar-refractivity contribution in [3.63, 3.8) is 0 Å². The molecule has 1 aliphatic carbocycles. The summed E-state index contributed by atoms with van der Waals surface area (Å²) in [4.78, 5) is 8.25. The Labute approximate surface area is 113 Å². The standard InChI is InChI=1S/C13H21ClN4/c1-9-11(15)12(18-13(14)16-9)17-10-7-5-3-2-4-6-8-10/h10H,2-8,15H2,1H3,(H,16,17,18). The van der Waals surface area contributed by atoms with Crippen molar-refractivity contribution in [3.8, 4) is 0 Å². The van der Waals surface area contributed by atoms with E-state index in [1.165, 1.54) is 44.9 Å². The third-order valence-corrected chi connectivity index (χ3v) is 3.72. The Bertz CT molecular complexity index is 400. The van der Waals surface area contributed by atoms with Crippen LogP contribution in [0.4, 0.5) is 11.5 Å². The second-order valence-corrected chi connectivity index (χ2v) is 5.36. The third-order valence-electron chi connectivity index (χ3n) is 3.55. The molecular weight excluding hydrogens is 248 g/mol. The Hall–Kier alpha value is -1.03. The van der Waals surface area contributed by atoms with E-state index in [2.05, 4.69) is 15.3 Å². The molecule has 0 amide bonds. The lowest BCUT2D eigenvalue weighted by molar-refractivity contribution is 0.471. The first-order valence-electron chi connectivity index (χ1n) is 6.73.